The van der Waals surface area contributed by atoms with E-state index < -0.39 is 5.97 Å². The summed E-state index contributed by atoms with van der Waals surface area (Å²) in [6.45, 7) is 7.61. The van der Waals surface area contributed by atoms with Crippen LogP contribution >= 0.6 is 11.3 Å². The molecule has 0 aliphatic rings. The molecule has 0 saturated carbocycles. The molecule has 0 saturated heterocycles. The number of rotatable bonds is 4. The number of amides is 1. The number of hydrogen-bond acceptors (Lipinski definition) is 4. The van der Waals surface area contributed by atoms with Gasteiger partial charge in [0.05, 0.1) is 5.56 Å². The largest absolute Gasteiger partial charge is 0.452 e. The molecule has 0 atom stereocenters. The number of carbonyl (C=O) groups is 2. The number of esters is 1. The van der Waals surface area contributed by atoms with Crippen molar-refractivity contribution in [2.24, 2.45) is 0 Å². The summed E-state index contributed by atoms with van der Waals surface area (Å²) in [5.41, 5.74) is 3.54. The van der Waals surface area contributed by atoms with Crippen molar-refractivity contribution < 1.29 is 14.3 Å². The van der Waals surface area contributed by atoms with Crippen LogP contribution in [0.15, 0.2) is 12.1 Å². The highest BCUT2D eigenvalue weighted by molar-refractivity contribution is 7.15. The molecule has 0 aromatic carbocycles. The monoisotopic (exact) mass is 320 g/mol. The van der Waals surface area contributed by atoms with Gasteiger partial charge in [0, 0.05) is 23.3 Å². The summed E-state index contributed by atoms with van der Waals surface area (Å²) in [6.07, 6.45) is 0. The fourth-order valence-electron chi connectivity index (χ4n) is 2.27. The van der Waals surface area contributed by atoms with Gasteiger partial charge in [0.25, 0.3) is 5.91 Å². The lowest BCUT2D eigenvalue weighted by Crippen LogP contribution is -2.25. The molecule has 2 aromatic rings. The molecular weight excluding hydrogens is 300 g/mol. The molecule has 2 rings (SSSR count). The number of likely N-dealkylation sites (N-methyl/N-ethyl adjacent to an activating group) is 1. The number of nitrogens with zero attached hydrogens (tertiary/aromatic N) is 1. The first-order valence-electron chi connectivity index (χ1n) is 6.99. The van der Waals surface area contributed by atoms with Gasteiger partial charge in [-0.3, -0.25) is 4.79 Å². The predicted octanol–water partition coefficient (Wildman–Crippen LogP) is 2.68. The van der Waals surface area contributed by atoms with E-state index in [4.69, 9.17) is 4.74 Å². The summed E-state index contributed by atoms with van der Waals surface area (Å²) in [4.78, 5) is 24.8. The van der Waals surface area contributed by atoms with Gasteiger partial charge in [0.15, 0.2) is 6.61 Å². The van der Waals surface area contributed by atoms with Gasteiger partial charge in [-0.05, 0) is 45.4 Å². The topological polar surface area (TPSA) is 60.3 Å². The fourth-order valence-corrected chi connectivity index (χ4v) is 3.53. The Labute approximate surface area is 133 Å². The van der Waals surface area contributed by atoms with Crippen LogP contribution in [-0.2, 0) is 9.53 Å². The maximum absolute atomic E-state index is 12.4. The van der Waals surface area contributed by atoms with Gasteiger partial charge in [-0.25, -0.2) is 4.79 Å². The summed E-state index contributed by atoms with van der Waals surface area (Å²) in [6, 6.07) is 4.03. The van der Waals surface area contributed by atoms with Gasteiger partial charge in [0.1, 0.15) is 5.00 Å². The number of nitrogens with one attached hydrogen (secondary N) is 1. The number of hydrogen-bond donors (Lipinski definition) is 1. The zero-order valence-electron chi connectivity index (χ0n) is 13.4. The molecule has 0 aliphatic carbocycles. The van der Waals surface area contributed by atoms with E-state index in [1.165, 1.54) is 7.05 Å². The lowest BCUT2D eigenvalue weighted by atomic mass is 10.1. The fraction of sp³-hybridized carbons (Fsp3) is 0.375. The van der Waals surface area contributed by atoms with Crippen molar-refractivity contribution in [3.8, 4) is 5.00 Å². The molecular formula is C16H20N2O3S. The molecule has 2 aromatic heterocycles. The van der Waals surface area contributed by atoms with Crippen molar-refractivity contribution in [1.82, 2.24) is 9.88 Å². The molecule has 0 spiro atoms. The summed E-state index contributed by atoms with van der Waals surface area (Å²) in [7, 11) is 1.51. The van der Waals surface area contributed by atoms with Crippen LogP contribution in [0.5, 0.6) is 0 Å². The number of ether oxygens (including phenoxy) is 1. The Morgan fingerprint density at radius 1 is 1.18 bits per heavy atom. The van der Waals surface area contributed by atoms with Gasteiger partial charge < -0.3 is 14.6 Å². The minimum atomic E-state index is -0.465. The van der Waals surface area contributed by atoms with Crippen molar-refractivity contribution in [3.05, 3.63) is 39.5 Å². The first-order valence-corrected chi connectivity index (χ1v) is 7.81. The van der Waals surface area contributed by atoms with E-state index in [1.54, 1.807) is 11.3 Å². The Hall–Kier alpha value is -2.08. The van der Waals surface area contributed by atoms with Gasteiger partial charge in [-0.2, -0.15) is 0 Å². The average Bonchev–Trinajstić information content (AvgIpc) is 2.96. The Bertz CT molecular complexity index is 709. The van der Waals surface area contributed by atoms with Crippen LogP contribution < -0.4 is 5.32 Å². The van der Waals surface area contributed by atoms with Crippen LogP contribution in [-0.4, -0.2) is 30.1 Å². The highest BCUT2D eigenvalue weighted by atomic mass is 32.1. The molecule has 2 heterocycles. The Morgan fingerprint density at radius 2 is 1.77 bits per heavy atom. The zero-order valence-corrected chi connectivity index (χ0v) is 14.3. The summed E-state index contributed by atoms with van der Waals surface area (Å²) >= 11 is 1.56. The van der Waals surface area contributed by atoms with E-state index in [0.29, 0.717) is 5.56 Å². The van der Waals surface area contributed by atoms with Crippen LogP contribution in [0.2, 0.25) is 0 Å². The third-order valence-electron chi connectivity index (χ3n) is 3.66. The van der Waals surface area contributed by atoms with Gasteiger partial charge in [-0.15, -0.1) is 11.3 Å². The molecule has 0 aliphatic heterocycles. The molecule has 0 bridgehead atoms. The minimum absolute atomic E-state index is 0.271. The van der Waals surface area contributed by atoms with E-state index in [1.807, 2.05) is 44.4 Å². The first-order chi connectivity index (χ1) is 10.4. The minimum Gasteiger partial charge on any atom is -0.452 e. The number of aromatic nitrogens is 1. The molecule has 1 N–H and O–H groups in total. The predicted molar refractivity (Wildman–Crippen MR) is 86.9 cm³/mol. The third-order valence-corrected chi connectivity index (χ3v) is 4.85. The lowest BCUT2D eigenvalue weighted by molar-refractivity contribution is -0.123. The zero-order chi connectivity index (χ0) is 16.4. The van der Waals surface area contributed by atoms with Crippen molar-refractivity contribution in [2.45, 2.75) is 27.7 Å². The highest BCUT2D eigenvalue weighted by Gasteiger charge is 2.23. The van der Waals surface area contributed by atoms with Crippen molar-refractivity contribution >= 4 is 23.2 Å². The normalized spacial score (nSPS) is 10.6. The second kappa shape index (κ2) is 6.36. The number of aryl methyl sites for hydroxylation is 3. The van der Waals surface area contributed by atoms with E-state index in [9.17, 15) is 9.59 Å². The Kier molecular flexibility index (Phi) is 4.71. The first kappa shape index (κ1) is 16.3. The standard InChI is InChI=1S/C16H20N2O3S/c1-9-6-7-10(2)18(9)15-14(11(3)12(4)22-15)16(20)21-8-13(19)17-5/h6-7H,8H2,1-5H3,(H,17,19). The van der Waals surface area contributed by atoms with Crippen molar-refractivity contribution in [1.29, 1.82) is 0 Å². The van der Waals surface area contributed by atoms with Crippen LogP contribution in [0.1, 0.15) is 32.2 Å². The average molecular weight is 320 g/mol. The summed E-state index contributed by atoms with van der Waals surface area (Å²) in [5.74, 6) is -0.791. The highest BCUT2D eigenvalue weighted by Crippen LogP contribution is 2.33. The van der Waals surface area contributed by atoms with E-state index in [2.05, 4.69) is 5.32 Å². The molecule has 1 amide bonds. The maximum atomic E-state index is 12.4. The molecule has 0 unspecified atom stereocenters. The molecule has 0 radical (unpaired) electrons. The Morgan fingerprint density at radius 3 is 2.32 bits per heavy atom. The molecule has 6 heteroatoms. The number of carbonyl (C=O) groups excluding carboxylic acids is 2. The van der Waals surface area contributed by atoms with E-state index in [-0.39, 0.29) is 12.5 Å². The van der Waals surface area contributed by atoms with Crippen LogP contribution in [0.25, 0.3) is 5.00 Å². The molecule has 118 valence electrons. The van der Waals surface area contributed by atoms with E-state index in [0.717, 1.165) is 26.8 Å². The SMILES string of the molecule is CNC(=O)COC(=O)c1c(-n2c(C)ccc2C)sc(C)c1C. The second-order valence-electron chi connectivity index (χ2n) is 5.16. The smallest absolute Gasteiger partial charge is 0.341 e. The van der Waals surface area contributed by atoms with Crippen LogP contribution in [0, 0.1) is 27.7 Å². The van der Waals surface area contributed by atoms with Crippen molar-refractivity contribution in [3.63, 3.8) is 0 Å². The molecule has 5 nitrogen and oxygen atoms in total. The van der Waals surface area contributed by atoms with E-state index >= 15 is 0 Å². The van der Waals surface area contributed by atoms with Gasteiger partial charge >= 0.3 is 5.97 Å². The second-order valence-corrected chi connectivity index (χ2v) is 6.37. The van der Waals surface area contributed by atoms with Crippen molar-refractivity contribution in [2.75, 3.05) is 13.7 Å². The van der Waals surface area contributed by atoms with Crippen LogP contribution in [0.3, 0.4) is 0 Å². The molecule has 22 heavy (non-hydrogen) atoms. The number of thiophene rings is 1. The summed E-state index contributed by atoms with van der Waals surface area (Å²) < 4.78 is 7.18. The van der Waals surface area contributed by atoms with Gasteiger partial charge in [0.2, 0.25) is 0 Å². The lowest BCUT2D eigenvalue weighted by Gasteiger charge is -2.10. The maximum Gasteiger partial charge on any atom is 0.341 e. The third kappa shape index (κ3) is 2.92. The molecule has 0 fully saturated rings. The van der Waals surface area contributed by atoms with Gasteiger partial charge in [-0.1, -0.05) is 0 Å². The summed E-state index contributed by atoms with van der Waals surface area (Å²) in [5, 5.41) is 3.28. The quantitative estimate of drug-likeness (QED) is 0.881. The Balaban J connectivity index is 2.44. The van der Waals surface area contributed by atoms with Crippen LogP contribution in [0.4, 0.5) is 0 Å².